The van der Waals surface area contributed by atoms with Crippen LogP contribution in [0.2, 0.25) is 0 Å². The zero-order valence-corrected chi connectivity index (χ0v) is 16.9. The third-order valence-electron chi connectivity index (χ3n) is 4.10. The highest BCUT2D eigenvalue weighted by atomic mass is 16.5. The molecule has 0 heterocycles. The minimum Gasteiger partial charge on any atom is -0.497 e. The van der Waals surface area contributed by atoms with E-state index in [-0.39, 0.29) is 19.3 Å². The Hall–Kier alpha value is -2.96. The molecular weight excluding hydrogens is 376 g/mol. The molecule has 0 saturated carbocycles. The maximum Gasteiger partial charge on any atom is 0.330 e. The molecule has 0 radical (unpaired) electrons. The van der Waals surface area contributed by atoms with E-state index in [1.807, 2.05) is 24.3 Å². The molecular formula is C22H28O7. The fourth-order valence-corrected chi connectivity index (χ4v) is 2.41. The van der Waals surface area contributed by atoms with Crippen LogP contribution in [0.5, 0.6) is 5.75 Å². The summed E-state index contributed by atoms with van der Waals surface area (Å²) in [5.41, 5.74) is 0.877. The molecule has 0 amide bonds. The smallest absolute Gasteiger partial charge is 0.330 e. The second-order valence-electron chi connectivity index (χ2n) is 6.55. The molecule has 0 saturated heterocycles. The van der Waals surface area contributed by atoms with E-state index in [0.717, 1.165) is 30.6 Å². The number of ether oxygens (including phenoxy) is 3. The van der Waals surface area contributed by atoms with Crippen molar-refractivity contribution in [2.75, 3.05) is 20.3 Å². The number of esters is 2. The summed E-state index contributed by atoms with van der Waals surface area (Å²) in [6.07, 6.45) is 6.23. The summed E-state index contributed by atoms with van der Waals surface area (Å²) < 4.78 is 15.3. The van der Waals surface area contributed by atoms with E-state index in [2.05, 4.69) is 0 Å². The molecule has 1 atom stereocenters. The minimum absolute atomic E-state index is 0.124. The Kier molecular flexibility index (Phi) is 11.7. The lowest BCUT2D eigenvalue weighted by Gasteiger charge is -2.09. The van der Waals surface area contributed by atoms with Crippen LogP contribution in [0.15, 0.2) is 30.3 Å². The standard InChI is InChI=1S/C22H28O7/c1-17(15-19(24)16-23)22(26)29-14-6-4-3-5-13-28-21(25)12-9-18-7-10-20(27-2)11-8-18/h7-12,16-17H,3-6,13-15H2,1-2H3. The highest BCUT2D eigenvalue weighted by Gasteiger charge is 2.17. The van der Waals surface area contributed by atoms with Crippen molar-refractivity contribution in [2.45, 2.75) is 39.0 Å². The van der Waals surface area contributed by atoms with Crippen LogP contribution < -0.4 is 4.74 Å². The molecule has 0 aliphatic carbocycles. The molecule has 0 N–H and O–H groups in total. The number of rotatable bonds is 14. The van der Waals surface area contributed by atoms with Crippen LogP contribution in [0.4, 0.5) is 0 Å². The Morgan fingerprint density at radius 1 is 0.966 bits per heavy atom. The summed E-state index contributed by atoms with van der Waals surface area (Å²) in [4.78, 5) is 44.6. The van der Waals surface area contributed by atoms with Crippen LogP contribution in [-0.4, -0.2) is 44.3 Å². The van der Waals surface area contributed by atoms with Crippen molar-refractivity contribution >= 4 is 30.1 Å². The number of benzene rings is 1. The predicted molar refractivity (Wildman–Crippen MR) is 107 cm³/mol. The Labute approximate surface area is 171 Å². The number of methoxy groups -OCH3 is 1. The van der Waals surface area contributed by atoms with Gasteiger partial charge in [0.1, 0.15) is 5.75 Å². The van der Waals surface area contributed by atoms with Crippen molar-refractivity contribution in [3.05, 3.63) is 35.9 Å². The van der Waals surface area contributed by atoms with Gasteiger partial charge in [-0.1, -0.05) is 19.1 Å². The zero-order valence-electron chi connectivity index (χ0n) is 16.9. The first-order valence-corrected chi connectivity index (χ1v) is 9.59. The van der Waals surface area contributed by atoms with E-state index in [9.17, 15) is 19.2 Å². The van der Waals surface area contributed by atoms with E-state index in [1.54, 1.807) is 20.1 Å². The van der Waals surface area contributed by atoms with Crippen molar-refractivity contribution < 1.29 is 33.4 Å². The van der Waals surface area contributed by atoms with Gasteiger partial charge in [0.05, 0.1) is 26.2 Å². The summed E-state index contributed by atoms with van der Waals surface area (Å²) >= 11 is 0. The number of carbonyl (C=O) groups is 4. The number of hydrogen-bond donors (Lipinski definition) is 0. The van der Waals surface area contributed by atoms with Gasteiger partial charge in [0, 0.05) is 12.5 Å². The van der Waals surface area contributed by atoms with Gasteiger partial charge in [0.15, 0.2) is 12.1 Å². The first-order chi connectivity index (χ1) is 14.0. The highest BCUT2D eigenvalue weighted by molar-refractivity contribution is 6.25. The molecule has 0 fully saturated rings. The molecule has 1 aromatic carbocycles. The summed E-state index contributed by atoms with van der Waals surface area (Å²) in [7, 11) is 1.59. The molecule has 0 aromatic heterocycles. The number of unbranched alkanes of at least 4 members (excludes halogenated alkanes) is 3. The number of aldehydes is 1. The van der Waals surface area contributed by atoms with Crippen molar-refractivity contribution in [1.29, 1.82) is 0 Å². The molecule has 0 spiro atoms. The molecule has 158 valence electrons. The lowest BCUT2D eigenvalue weighted by molar-refractivity contribution is -0.149. The van der Waals surface area contributed by atoms with Crippen LogP contribution in [0.3, 0.4) is 0 Å². The second kappa shape index (κ2) is 14.1. The Morgan fingerprint density at radius 2 is 1.59 bits per heavy atom. The lowest BCUT2D eigenvalue weighted by Crippen LogP contribution is -2.19. The van der Waals surface area contributed by atoms with Crippen LogP contribution in [0.25, 0.3) is 6.08 Å². The molecule has 7 nitrogen and oxygen atoms in total. The maximum absolute atomic E-state index is 11.7. The maximum atomic E-state index is 11.7. The molecule has 1 aromatic rings. The van der Waals surface area contributed by atoms with Gasteiger partial charge in [-0.15, -0.1) is 0 Å². The molecule has 0 aliphatic heterocycles. The molecule has 0 bridgehead atoms. The van der Waals surface area contributed by atoms with E-state index >= 15 is 0 Å². The third-order valence-corrected chi connectivity index (χ3v) is 4.10. The van der Waals surface area contributed by atoms with Crippen LogP contribution in [0, 0.1) is 5.92 Å². The van der Waals surface area contributed by atoms with Gasteiger partial charge in [0.25, 0.3) is 0 Å². The van der Waals surface area contributed by atoms with Gasteiger partial charge in [-0.3, -0.25) is 14.4 Å². The monoisotopic (exact) mass is 404 g/mol. The molecule has 1 unspecified atom stereocenters. The fraction of sp³-hybridized carbons (Fsp3) is 0.455. The van der Waals surface area contributed by atoms with Crippen molar-refractivity contribution in [2.24, 2.45) is 5.92 Å². The zero-order chi connectivity index (χ0) is 21.5. The van der Waals surface area contributed by atoms with E-state index in [0.29, 0.717) is 13.0 Å². The van der Waals surface area contributed by atoms with E-state index < -0.39 is 23.6 Å². The molecule has 29 heavy (non-hydrogen) atoms. The largest absolute Gasteiger partial charge is 0.497 e. The SMILES string of the molecule is COc1ccc(C=CC(=O)OCCCCCCOC(=O)C(C)CC(=O)C=O)cc1. The van der Waals surface area contributed by atoms with Gasteiger partial charge in [-0.25, -0.2) is 4.79 Å². The van der Waals surface area contributed by atoms with Gasteiger partial charge in [-0.05, 0) is 49.5 Å². The Balaban J connectivity index is 2.06. The van der Waals surface area contributed by atoms with E-state index in [4.69, 9.17) is 14.2 Å². The average Bonchev–Trinajstić information content (AvgIpc) is 2.73. The topological polar surface area (TPSA) is 96.0 Å². The van der Waals surface area contributed by atoms with Gasteiger partial charge >= 0.3 is 11.9 Å². The minimum atomic E-state index is -0.613. The first kappa shape index (κ1) is 24.1. The van der Waals surface area contributed by atoms with Crippen LogP contribution in [-0.2, 0) is 28.7 Å². The van der Waals surface area contributed by atoms with E-state index in [1.165, 1.54) is 6.08 Å². The Bertz CT molecular complexity index is 692. The number of carbonyl (C=O) groups excluding carboxylic acids is 4. The fourth-order valence-electron chi connectivity index (χ4n) is 2.41. The molecule has 0 aliphatic rings. The Morgan fingerprint density at radius 3 is 2.17 bits per heavy atom. The quantitative estimate of drug-likeness (QED) is 0.154. The predicted octanol–water partition coefficient (Wildman–Crippen LogP) is 3.15. The van der Waals surface area contributed by atoms with Crippen LogP contribution >= 0.6 is 0 Å². The van der Waals surface area contributed by atoms with Crippen molar-refractivity contribution in [1.82, 2.24) is 0 Å². The summed E-state index contributed by atoms with van der Waals surface area (Å²) in [6.45, 7) is 2.15. The summed E-state index contributed by atoms with van der Waals surface area (Å²) in [6, 6.07) is 7.31. The van der Waals surface area contributed by atoms with Crippen molar-refractivity contribution in [3.8, 4) is 5.75 Å². The summed E-state index contributed by atoms with van der Waals surface area (Å²) in [5, 5.41) is 0. The average molecular weight is 404 g/mol. The van der Waals surface area contributed by atoms with Crippen molar-refractivity contribution in [3.63, 3.8) is 0 Å². The first-order valence-electron chi connectivity index (χ1n) is 9.59. The molecule has 1 rings (SSSR count). The van der Waals surface area contributed by atoms with Gasteiger partial charge in [0.2, 0.25) is 0 Å². The lowest BCUT2D eigenvalue weighted by atomic mass is 10.1. The van der Waals surface area contributed by atoms with Gasteiger partial charge in [-0.2, -0.15) is 0 Å². The van der Waals surface area contributed by atoms with Crippen LogP contribution in [0.1, 0.15) is 44.6 Å². The highest BCUT2D eigenvalue weighted by Crippen LogP contribution is 2.12. The molecule has 7 heteroatoms. The second-order valence-corrected chi connectivity index (χ2v) is 6.55. The normalized spacial score (nSPS) is 11.7. The summed E-state index contributed by atoms with van der Waals surface area (Å²) in [5.74, 6) is -1.34. The van der Waals surface area contributed by atoms with Gasteiger partial charge < -0.3 is 14.2 Å². The number of hydrogen-bond acceptors (Lipinski definition) is 7. The number of Topliss-reactive ketones (excluding diaryl/α,β-unsaturated/α-hetero) is 1. The third kappa shape index (κ3) is 10.8. The number of ketones is 1.